The van der Waals surface area contributed by atoms with E-state index in [-0.39, 0.29) is 16.5 Å². The van der Waals surface area contributed by atoms with Crippen LogP contribution < -0.4 is 10.2 Å². The van der Waals surface area contributed by atoms with Crippen molar-refractivity contribution in [1.29, 1.82) is 0 Å². The Kier molecular flexibility index (Phi) is 2.78. The maximum absolute atomic E-state index is 11.7. The van der Waals surface area contributed by atoms with Gasteiger partial charge in [0.25, 0.3) is 5.69 Å². The number of nitrogens with one attached hydrogen (secondary N) is 1. The Bertz CT molecular complexity index is 633. The number of H-pyrrole nitrogens is 1. The molecule has 1 aromatic heterocycles. The topological polar surface area (TPSA) is 85.2 Å². The molecule has 17 heavy (non-hydrogen) atoms. The summed E-state index contributed by atoms with van der Waals surface area (Å²) < 4.78 is 5.18. The van der Waals surface area contributed by atoms with Crippen LogP contribution in [0.2, 0.25) is 0 Å². The summed E-state index contributed by atoms with van der Waals surface area (Å²) in [6, 6.07) is 5.38. The molecule has 1 heterocycles. The third-order valence-electron chi connectivity index (χ3n) is 2.30. The Morgan fingerprint density at radius 3 is 2.82 bits per heavy atom. The number of pyridine rings is 1. The third-order valence-corrected chi connectivity index (χ3v) is 2.30. The van der Waals surface area contributed by atoms with Crippen molar-refractivity contribution in [1.82, 2.24) is 4.98 Å². The number of nitro groups is 1. The van der Waals surface area contributed by atoms with E-state index in [0.29, 0.717) is 18.0 Å². The molecule has 0 aliphatic rings. The van der Waals surface area contributed by atoms with Crippen LogP contribution in [0.15, 0.2) is 29.1 Å². The molecule has 0 fully saturated rings. The molecule has 0 saturated heterocycles. The number of non-ortho nitro benzene ring substituents is 1. The molecule has 6 heteroatoms. The molecule has 2 rings (SSSR count). The molecular weight excluding hydrogens is 224 g/mol. The molecule has 88 valence electrons. The highest BCUT2D eigenvalue weighted by atomic mass is 16.6. The highest BCUT2D eigenvalue weighted by Gasteiger charge is 2.09. The molecule has 0 amide bonds. The summed E-state index contributed by atoms with van der Waals surface area (Å²) in [6.45, 7) is 2.24. The zero-order valence-corrected chi connectivity index (χ0v) is 9.10. The Balaban J connectivity index is 2.64. The molecule has 0 radical (unpaired) electrons. The predicted octanol–water partition coefficient (Wildman–Crippen LogP) is 1.83. The summed E-state index contributed by atoms with van der Waals surface area (Å²) in [7, 11) is 0. The average Bonchev–Trinajstić information content (AvgIpc) is 2.29. The van der Waals surface area contributed by atoms with Crippen molar-refractivity contribution in [3.8, 4) is 5.88 Å². The van der Waals surface area contributed by atoms with Gasteiger partial charge in [0, 0.05) is 18.2 Å². The summed E-state index contributed by atoms with van der Waals surface area (Å²) >= 11 is 0. The standard InChI is InChI=1S/C11H10N2O4/c1-2-17-11-6-10(14)8-5-7(13(15)16)3-4-9(8)12-11/h3-6H,2H2,1H3,(H,12,14). The van der Waals surface area contributed by atoms with Crippen LogP contribution in [0.5, 0.6) is 5.88 Å². The molecule has 0 bridgehead atoms. The average molecular weight is 234 g/mol. The fourth-order valence-electron chi connectivity index (χ4n) is 1.56. The van der Waals surface area contributed by atoms with E-state index in [4.69, 9.17) is 4.74 Å². The van der Waals surface area contributed by atoms with Crippen LogP contribution >= 0.6 is 0 Å². The van der Waals surface area contributed by atoms with E-state index < -0.39 is 4.92 Å². The molecule has 0 aliphatic carbocycles. The number of hydrogen-bond acceptors (Lipinski definition) is 4. The van der Waals surface area contributed by atoms with Crippen LogP contribution in [0.1, 0.15) is 6.92 Å². The second-order valence-electron chi connectivity index (χ2n) is 3.42. The predicted molar refractivity (Wildman–Crippen MR) is 62.4 cm³/mol. The van der Waals surface area contributed by atoms with Crippen LogP contribution in [0, 0.1) is 10.1 Å². The number of fused-ring (bicyclic) bond motifs is 1. The van der Waals surface area contributed by atoms with Crippen LogP contribution in [0.25, 0.3) is 10.9 Å². The number of hydrogen-bond donors (Lipinski definition) is 1. The van der Waals surface area contributed by atoms with Crippen molar-refractivity contribution in [2.75, 3.05) is 6.61 Å². The van der Waals surface area contributed by atoms with Crippen LogP contribution in [0.3, 0.4) is 0 Å². The van der Waals surface area contributed by atoms with E-state index >= 15 is 0 Å². The van der Waals surface area contributed by atoms with Gasteiger partial charge >= 0.3 is 0 Å². The van der Waals surface area contributed by atoms with Crippen molar-refractivity contribution in [3.05, 3.63) is 44.6 Å². The Morgan fingerprint density at radius 1 is 1.41 bits per heavy atom. The lowest BCUT2D eigenvalue weighted by molar-refractivity contribution is -0.384. The zero-order chi connectivity index (χ0) is 12.4. The highest BCUT2D eigenvalue weighted by Crippen LogP contribution is 2.18. The second-order valence-corrected chi connectivity index (χ2v) is 3.42. The van der Waals surface area contributed by atoms with Gasteiger partial charge in [-0.15, -0.1) is 0 Å². The monoisotopic (exact) mass is 234 g/mol. The minimum Gasteiger partial charge on any atom is -0.479 e. The van der Waals surface area contributed by atoms with Gasteiger partial charge in [0.05, 0.1) is 22.4 Å². The number of benzene rings is 1. The van der Waals surface area contributed by atoms with E-state index in [9.17, 15) is 14.9 Å². The van der Waals surface area contributed by atoms with Gasteiger partial charge in [-0.3, -0.25) is 14.9 Å². The maximum atomic E-state index is 11.7. The third kappa shape index (κ3) is 2.10. The zero-order valence-electron chi connectivity index (χ0n) is 9.10. The van der Waals surface area contributed by atoms with Crippen molar-refractivity contribution in [3.63, 3.8) is 0 Å². The van der Waals surface area contributed by atoms with Crippen molar-refractivity contribution < 1.29 is 9.66 Å². The van der Waals surface area contributed by atoms with Gasteiger partial charge < -0.3 is 9.72 Å². The van der Waals surface area contributed by atoms with Crippen LogP contribution in [0.4, 0.5) is 5.69 Å². The number of nitrogens with zero attached hydrogens (tertiary/aromatic N) is 1. The van der Waals surface area contributed by atoms with Crippen molar-refractivity contribution >= 4 is 16.6 Å². The summed E-state index contributed by atoms with van der Waals surface area (Å²) in [5.74, 6) is 0.360. The normalized spacial score (nSPS) is 10.4. The first-order chi connectivity index (χ1) is 8.11. The van der Waals surface area contributed by atoms with E-state index in [2.05, 4.69) is 4.98 Å². The highest BCUT2D eigenvalue weighted by molar-refractivity contribution is 5.81. The fraction of sp³-hybridized carbons (Fsp3) is 0.182. The van der Waals surface area contributed by atoms with Crippen LogP contribution in [-0.2, 0) is 0 Å². The lowest BCUT2D eigenvalue weighted by atomic mass is 10.2. The number of aromatic nitrogens is 1. The Morgan fingerprint density at radius 2 is 2.18 bits per heavy atom. The lowest BCUT2D eigenvalue weighted by Crippen LogP contribution is -2.05. The molecule has 0 atom stereocenters. The summed E-state index contributed by atoms with van der Waals surface area (Å²) in [6.07, 6.45) is 0. The van der Waals surface area contributed by atoms with Gasteiger partial charge in [0.1, 0.15) is 0 Å². The largest absolute Gasteiger partial charge is 0.479 e. The number of rotatable bonds is 3. The Hall–Kier alpha value is -2.37. The lowest BCUT2D eigenvalue weighted by Gasteiger charge is -2.04. The van der Waals surface area contributed by atoms with Crippen LogP contribution in [-0.4, -0.2) is 16.5 Å². The van der Waals surface area contributed by atoms with Crippen molar-refractivity contribution in [2.24, 2.45) is 0 Å². The quantitative estimate of drug-likeness (QED) is 0.648. The molecule has 6 nitrogen and oxygen atoms in total. The number of aromatic amines is 1. The summed E-state index contributed by atoms with van der Waals surface area (Å²) in [5.41, 5.74) is 0.115. The van der Waals surface area contributed by atoms with Gasteiger partial charge in [-0.25, -0.2) is 0 Å². The minimum absolute atomic E-state index is 0.104. The molecule has 2 aromatic rings. The first-order valence-corrected chi connectivity index (χ1v) is 5.06. The minimum atomic E-state index is -0.532. The van der Waals surface area contributed by atoms with Crippen molar-refractivity contribution in [2.45, 2.75) is 6.92 Å². The first-order valence-electron chi connectivity index (χ1n) is 5.06. The molecule has 1 aromatic carbocycles. The molecule has 0 unspecified atom stereocenters. The molecule has 0 aliphatic heterocycles. The first kappa shape index (κ1) is 11.1. The summed E-state index contributed by atoms with van der Waals surface area (Å²) in [5, 5.41) is 10.9. The molecule has 0 spiro atoms. The Labute approximate surface area is 96.0 Å². The number of ether oxygens (including phenoxy) is 1. The van der Waals surface area contributed by atoms with Gasteiger partial charge in [0.15, 0.2) is 11.3 Å². The molecule has 0 saturated carbocycles. The van der Waals surface area contributed by atoms with E-state index in [1.165, 1.54) is 24.3 Å². The number of nitro benzene ring substituents is 1. The van der Waals surface area contributed by atoms with E-state index in [0.717, 1.165) is 0 Å². The van der Waals surface area contributed by atoms with Gasteiger partial charge in [-0.2, -0.15) is 0 Å². The second kappa shape index (κ2) is 4.25. The van der Waals surface area contributed by atoms with Gasteiger partial charge in [-0.1, -0.05) is 0 Å². The fourth-order valence-corrected chi connectivity index (χ4v) is 1.56. The molecular formula is C11H10N2O4. The SMILES string of the molecule is CCOc1cc(=O)c2cc([N+](=O)[O-])ccc2[nH]1. The smallest absolute Gasteiger partial charge is 0.270 e. The molecule has 1 N–H and O–H groups in total. The van der Waals surface area contributed by atoms with Gasteiger partial charge in [-0.05, 0) is 13.0 Å². The van der Waals surface area contributed by atoms with E-state index in [1.54, 1.807) is 6.92 Å². The maximum Gasteiger partial charge on any atom is 0.270 e. The summed E-state index contributed by atoms with van der Waals surface area (Å²) in [4.78, 5) is 24.7. The van der Waals surface area contributed by atoms with E-state index in [1.807, 2.05) is 0 Å². The van der Waals surface area contributed by atoms with Gasteiger partial charge in [0.2, 0.25) is 0 Å².